The summed E-state index contributed by atoms with van der Waals surface area (Å²) in [5.41, 5.74) is 0. The van der Waals surface area contributed by atoms with Gasteiger partial charge in [0.15, 0.2) is 0 Å². The van der Waals surface area contributed by atoms with Crippen LogP contribution in [0.15, 0.2) is 0 Å². The number of alkyl halides is 1. The van der Waals surface area contributed by atoms with Gasteiger partial charge in [0.25, 0.3) is 0 Å². The summed E-state index contributed by atoms with van der Waals surface area (Å²) >= 11 is 3.64. The first-order chi connectivity index (χ1) is 9.74. The van der Waals surface area contributed by atoms with Crippen molar-refractivity contribution in [2.24, 2.45) is 0 Å². The second kappa shape index (κ2) is 17.3. The Morgan fingerprint density at radius 3 is 1.52 bits per heavy atom. The van der Waals surface area contributed by atoms with Crippen LogP contribution in [-0.4, -0.2) is 36.0 Å². The lowest BCUT2D eigenvalue weighted by Crippen LogP contribution is -3.00. The summed E-state index contributed by atoms with van der Waals surface area (Å²) in [6.45, 7) is 12.6. The third kappa shape index (κ3) is 13.1. The van der Waals surface area contributed by atoms with Gasteiger partial charge in [-0.3, -0.25) is 0 Å². The maximum absolute atomic E-state index is 3.64. The van der Waals surface area contributed by atoms with E-state index < -0.39 is 0 Å². The third-order valence-electron chi connectivity index (χ3n) is 4.47. The number of nitrogens with zero attached hydrogens (tertiary/aromatic N) is 1. The summed E-state index contributed by atoms with van der Waals surface area (Å²) in [5.74, 6) is 0. The van der Waals surface area contributed by atoms with E-state index in [2.05, 4.69) is 36.7 Å². The molecule has 0 saturated carbocycles. The summed E-state index contributed by atoms with van der Waals surface area (Å²) in [6, 6.07) is 0. The molecule has 0 heterocycles. The Morgan fingerprint density at radius 2 is 1.00 bits per heavy atom. The lowest BCUT2D eigenvalue weighted by Gasteiger charge is -2.39. The average Bonchev–Trinajstić information content (AvgIpc) is 2.47. The van der Waals surface area contributed by atoms with Crippen LogP contribution in [0.2, 0.25) is 0 Å². The van der Waals surface area contributed by atoms with Gasteiger partial charge in [-0.1, -0.05) is 62.4 Å². The second-order valence-electron chi connectivity index (χ2n) is 6.40. The minimum absolute atomic E-state index is 0. The van der Waals surface area contributed by atoms with E-state index in [1.54, 1.807) is 0 Å². The molecule has 0 radical (unpaired) electrons. The van der Waals surface area contributed by atoms with Gasteiger partial charge >= 0.3 is 0 Å². The van der Waals surface area contributed by atoms with E-state index in [0.717, 1.165) is 0 Å². The van der Waals surface area contributed by atoms with Gasteiger partial charge in [0, 0.05) is 11.8 Å². The van der Waals surface area contributed by atoms with Gasteiger partial charge in [0.2, 0.25) is 0 Å². The van der Waals surface area contributed by atoms with Crippen LogP contribution in [0.3, 0.4) is 0 Å². The van der Waals surface area contributed by atoms with Gasteiger partial charge in [-0.05, 0) is 32.1 Å². The van der Waals surface area contributed by atoms with Crippen LogP contribution in [-0.2, 0) is 0 Å². The van der Waals surface area contributed by atoms with Gasteiger partial charge in [0.05, 0.1) is 26.2 Å². The fourth-order valence-electron chi connectivity index (χ4n) is 3.13. The molecule has 0 aliphatic heterocycles. The smallest absolute Gasteiger partial charge is 0.0794 e. The van der Waals surface area contributed by atoms with Crippen molar-refractivity contribution in [3.8, 4) is 0 Å². The topological polar surface area (TPSA) is 0 Å². The SMILES string of the molecule is CCCCCC[N+](CCCC)(CCCBr)CCCCC.[Br-]. The highest BCUT2D eigenvalue weighted by molar-refractivity contribution is 9.09. The predicted octanol–water partition coefficient (Wildman–Crippen LogP) is 3.16. The zero-order valence-corrected chi connectivity index (χ0v) is 18.0. The van der Waals surface area contributed by atoms with E-state index in [1.807, 2.05) is 0 Å². The number of hydrogen-bond donors (Lipinski definition) is 0. The second-order valence-corrected chi connectivity index (χ2v) is 7.19. The van der Waals surface area contributed by atoms with Crippen LogP contribution in [0.4, 0.5) is 0 Å². The first-order valence-electron chi connectivity index (χ1n) is 9.15. The standard InChI is InChI=1S/C18H39BrN.BrH/c1-4-7-10-12-17-20(15-9-6-3,18-13-14-19)16-11-8-5-2;/h4-18H2,1-3H3;1H/q+1;/p-1. The molecule has 0 rings (SSSR count). The molecule has 0 spiro atoms. The van der Waals surface area contributed by atoms with E-state index in [0.29, 0.717) is 0 Å². The molecular formula is C18H39Br2N. The molecular weight excluding hydrogens is 390 g/mol. The van der Waals surface area contributed by atoms with Crippen LogP contribution in [0, 0.1) is 0 Å². The monoisotopic (exact) mass is 427 g/mol. The van der Waals surface area contributed by atoms with E-state index in [4.69, 9.17) is 0 Å². The molecule has 0 bridgehead atoms. The normalized spacial score (nSPS) is 13.7. The molecule has 0 aromatic rings. The number of rotatable bonds is 15. The van der Waals surface area contributed by atoms with Crippen LogP contribution in [0.1, 0.15) is 85.0 Å². The lowest BCUT2D eigenvalue weighted by molar-refractivity contribution is -0.928. The van der Waals surface area contributed by atoms with Gasteiger partial charge < -0.3 is 21.5 Å². The molecule has 0 N–H and O–H groups in total. The minimum atomic E-state index is 0. The number of unbranched alkanes of at least 4 members (excludes halogenated alkanes) is 6. The highest BCUT2D eigenvalue weighted by atomic mass is 79.9. The van der Waals surface area contributed by atoms with E-state index >= 15 is 0 Å². The molecule has 0 amide bonds. The summed E-state index contributed by atoms with van der Waals surface area (Å²) in [4.78, 5) is 0. The molecule has 0 fully saturated rings. The molecule has 1 unspecified atom stereocenters. The highest BCUT2D eigenvalue weighted by Gasteiger charge is 2.25. The van der Waals surface area contributed by atoms with Crippen LogP contribution < -0.4 is 17.0 Å². The number of quaternary nitrogens is 1. The largest absolute Gasteiger partial charge is 1.00 e. The van der Waals surface area contributed by atoms with Crippen LogP contribution >= 0.6 is 15.9 Å². The molecule has 0 aromatic carbocycles. The van der Waals surface area contributed by atoms with Crippen molar-refractivity contribution in [2.45, 2.75) is 85.0 Å². The Kier molecular flexibility index (Phi) is 19.9. The molecule has 130 valence electrons. The van der Waals surface area contributed by atoms with E-state index in [-0.39, 0.29) is 17.0 Å². The molecule has 0 aliphatic carbocycles. The maximum Gasteiger partial charge on any atom is 0.0794 e. The van der Waals surface area contributed by atoms with Gasteiger partial charge in [-0.15, -0.1) is 0 Å². The summed E-state index contributed by atoms with van der Waals surface area (Å²) in [7, 11) is 0. The molecule has 1 nitrogen and oxygen atoms in total. The fourth-order valence-corrected chi connectivity index (χ4v) is 3.38. The van der Waals surface area contributed by atoms with Crippen molar-refractivity contribution in [3.05, 3.63) is 0 Å². The third-order valence-corrected chi connectivity index (χ3v) is 5.03. The summed E-state index contributed by atoms with van der Waals surface area (Å²) in [6.07, 6.45) is 13.9. The molecule has 1 atom stereocenters. The first-order valence-corrected chi connectivity index (χ1v) is 10.3. The maximum atomic E-state index is 3.64. The van der Waals surface area contributed by atoms with Gasteiger partial charge in [-0.2, -0.15) is 0 Å². The number of halogens is 2. The fraction of sp³-hybridized carbons (Fsp3) is 1.00. The quantitative estimate of drug-likeness (QED) is 0.213. The molecule has 0 aliphatic rings. The molecule has 0 saturated heterocycles. The van der Waals surface area contributed by atoms with Crippen molar-refractivity contribution >= 4 is 15.9 Å². The zero-order valence-electron chi connectivity index (χ0n) is 14.8. The van der Waals surface area contributed by atoms with E-state index in [9.17, 15) is 0 Å². The van der Waals surface area contributed by atoms with Crippen LogP contribution in [0.5, 0.6) is 0 Å². The van der Waals surface area contributed by atoms with Crippen molar-refractivity contribution in [1.82, 2.24) is 0 Å². The zero-order chi connectivity index (χ0) is 15.1. The Hall–Kier alpha value is 0.920. The van der Waals surface area contributed by atoms with Crippen molar-refractivity contribution < 1.29 is 21.5 Å². The summed E-state index contributed by atoms with van der Waals surface area (Å²) < 4.78 is 1.41. The van der Waals surface area contributed by atoms with E-state index in [1.165, 1.54) is 100 Å². The molecule has 3 heteroatoms. The Bertz CT molecular complexity index is 190. The number of hydrogen-bond acceptors (Lipinski definition) is 0. The molecule has 21 heavy (non-hydrogen) atoms. The van der Waals surface area contributed by atoms with Crippen molar-refractivity contribution in [2.75, 3.05) is 31.5 Å². The van der Waals surface area contributed by atoms with Gasteiger partial charge in [-0.25, -0.2) is 0 Å². The van der Waals surface area contributed by atoms with Gasteiger partial charge in [0.1, 0.15) is 0 Å². The summed E-state index contributed by atoms with van der Waals surface area (Å²) in [5, 5.41) is 1.17. The Morgan fingerprint density at radius 1 is 0.571 bits per heavy atom. The Labute approximate surface area is 153 Å². The highest BCUT2D eigenvalue weighted by Crippen LogP contribution is 2.17. The Balaban J connectivity index is 0. The average molecular weight is 429 g/mol. The molecule has 0 aromatic heterocycles. The lowest BCUT2D eigenvalue weighted by atomic mass is 10.1. The predicted molar refractivity (Wildman–Crippen MR) is 96.7 cm³/mol. The minimum Gasteiger partial charge on any atom is -1.00 e. The van der Waals surface area contributed by atoms with Crippen LogP contribution in [0.25, 0.3) is 0 Å². The van der Waals surface area contributed by atoms with Crippen molar-refractivity contribution in [3.63, 3.8) is 0 Å². The first kappa shape index (κ1) is 24.2. The van der Waals surface area contributed by atoms with Crippen molar-refractivity contribution in [1.29, 1.82) is 0 Å².